The van der Waals surface area contributed by atoms with Crippen LogP contribution in [0.3, 0.4) is 0 Å². The number of aromatic carboxylic acids is 1. The predicted octanol–water partition coefficient (Wildman–Crippen LogP) is 2.73. The van der Waals surface area contributed by atoms with Crippen molar-refractivity contribution in [3.05, 3.63) is 52.7 Å². The minimum atomic E-state index is -1.09. The van der Waals surface area contributed by atoms with Gasteiger partial charge in [-0.05, 0) is 23.8 Å². The lowest BCUT2D eigenvalue weighted by atomic mass is 10.1. The summed E-state index contributed by atoms with van der Waals surface area (Å²) in [4.78, 5) is 15.2. The van der Waals surface area contributed by atoms with Gasteiger partial charge >= 0.3 is 5.97 Å². The molecule has 2 heterocycles. The highest BCUT2D eigenvalue weighted by Gasteiger charge is 2.15. The molecule has 0 amide bonds. The molecule has 0 spiro atoms. The van der Waals surface area contributed by atoms with Crippen LogP contribution in [0.5, 0.6) is 0 Å². The molecule has 0 aliphatic rings. The molecule has 0 saturated heterocycles. The first-order valence-electron chi connectivity index (χ1n) is 6.20. The van der Waals surface area contributed by atoms with E-state index in [2.05, 4.69) is 15.2 Å². The van der Waals surface area contributed by atoms with Crippen LogP contribution in [0.1, 0.15) is 22.0 Å². The second-order valence-electron chi connectivity index (χ2n) is 4.66. The van der Waals surface area contributed by atoms with E-state index < -0.39 is 5.97 Å². The van der Waals surface area contributed by atoms with Gasteiger partial charge in [-0.2, -0.15) is 0 Å². The average molecular weight is 339 g/mol. The zero-order chi connectivity index (χ0) is 15.0. The van der Waals surface area contributed by atoms with Crippen molar-refractivity contribution in [1.29, 1.82) is 0 Å². The highest BCUT2D eigenvalue weighted by Crippen LogP contribution is 2.19. The van der Waals surface area contributed by atoms with Gasteiger partial charge in [-0.25, -0.2) is 4.79 Å². The number of aromatic nitrogens is 4. The Labute approximate surface area is 137 Å². The lowest BCUT2D eigenvalue weighted by Crippen LogP contribution is -2.08. The summed E-state index contributed by atoms with van der Waals surface area (Å²) in [5.74, 6) is -0.581. The molecule has 8 heteroatoms. The van der Waals surface area contributed by atoms with Crippen molar-refractivity contribution in [1.82, 2.24) is 19.7 Å². The summed E-state index contributed by atoms with van der Waals surface area (Å²) >= 11 is 5.94. The number of carbonyl (C=O) groups is 1. The summed E-state index contributed by atoms with van der Waals surface area (Å²) in [5, 5.41) is 18.1. The van der Waals surface area contributed by atoms with Crippen LogP contribution in [0.15, 0.2) is 30.5 Å². The second kappa shape index (κ2) is 6.29. The fourth-order valence-electron chi connectivity index (χ4n) is 2.15. The third-order valence-electron chi connectivity index (χ3n) is 3.23. The van der Waals surface area contributed by atoms with E-state index in [9.17, 15) is 4.79 Å². The molecule has 2 aromatic heterocycles. The van der Waals surface area contributed by atoms with Crippen molar-refractivity contribution in [3.63, 3.8) is 0 Å². The van der Waals surface area contributed by atoms with Gasteiger partial charge in [0.1, 0.15) is 5.82 Å². The number of carboxylic acid groups (broad SMARTS) is 1. The van der Waals surface area contributed by atoms with E-state index in [4.69, 9.17) is 16.7 Å². The fraction of sp³-hybridized carbons (Fsp3) is 0.143. The standard InChI is InChI=1S/C14H11ClN4O2.ClH/c1-19-12(17-18-13(19)14(20)21)5-8-2-3-11-9(4-8)6-10(15)7-16-11;/h2-4,6-7H,5H2,1H3,(H,20,21);1H. The van der Waals surface area contributed by atoms with Gasteiger partial charge in [0.2, 0.25) is 5.82 Å². The third kappa shape index (κ3) is 3.03. The van der Waals surface area contributed by atoms with E-state index >= 15 is 0 Å². The molecule has 0 radical (unpaired) electrons. The molecule has 0 saturated carbocycles. The predicted molar refractivity (Wildman–Crippen MR) is 84.8 cm³/mol. The Morgan fingerprint density at radius 2 is 2.09 bits per heavy atom. The lowest BCUT2D eigenvalue weighted by molar-refractivity contribution is 0.0679. The van der Waals surface area contributed by atoms with Crippen molar-refractivity contribution in [2.45, 2.75) is 6.42 Å². The smallest absolute Gasteiger partial charge is 0.374 e. The molecule has 0 aliphatic carbocycles. The number of halogens is 2. The minimum Gasteiger partial charge on any atom is -0.475 e. The molecule has 114 valence electrons. The zero-order valence-corrected chi connectivity index (χ0v) is 13.1. The number of carboxylic acids is 1. The van der Waals surface area contributed by atoms with Crippen molar-refractivity contribution in [2.75, 3.05) is 0 Å². The van der Waals surface area contributed by atoms with Gasteiger partial charge in [-0.3, -0.25) is 4.98 Å². The highest BCUT2D eigenvalue weighted by molar-refractivity contribution is 6.31. The maximum absolute atomic E-state index is 11.0. The van der Waals surface area contributed by atoms with E-state index in [-0.39, 0.29) is 18.2 Å². The Kier molecular flexibility index (Phi) is 4.63. The van der Waals surface area contributed by atoms with Gasteiger partial charge < -0.3 is 9.67 Å². The van der Waals surface area contributed by atoms with Gasteiger partial charge in [0, 0.05) is 25.1 Å². The first-order chi connectivity index (χ1) is 10.0. The molecule has 0 aliphatic heterocycles. The molecule has 3 aromatic rings. The fourth-order valence-corrected chi connectivity index (χ4v) is 2.31. The normalized spacial score (nSPS) is 10.5. The number of hydrogen-bond donors (Lipinski definition) is 1. The Morgan fingerprint density at radius 1 is 1.32 bits per heavy atom. The topological polar surface area (TPSA) is 80.9 Å². The number of pyridine rings is 1. The molecular formula is C14H12Cl2N4O2. The maximum atomic E-state index is 11.0. The van der Waals surface area contributed by atoms with E-state index in [1.165, 1.54) is 4.57 Å². The zero-order valence-electron chi connectivity index (χ0n) is 11.5. The second-order valence-corrected chi connectivity index (χ2v) is 5.10. The van der Waals surface area contributed by atoms with E-state index in [1.807, 2.05) is 24.3 Å². The van der Waals surface area contributed by atoms with Gasteiger partial charge in [-0.15, -0.1) is 22.6 Å². The summed E-state index contributed by atoms with van der Waals surface area (Å²) in [6.45, 7) is 0. The summed E-state index contributed by atoms with van der Waals surface area (Å²) in [6.07, 6.45) is 2.09. The van der Waals surface area contributed by atoms with Crippen LogP contribution in [0.4, 0.5) is 0 Å². The van der Waals surface area contributed by atoms with Crippen LogP contribution in [0, 0.1) is 0 Å². The average Bonchev–Trinajstić information content (AvgIpc) is 2.80. The van der Waals surface area contributed by atoms with Crippen molar-refractivity contribution < 1.29 is 9.90 Å². The Hall–Kier alpha value is -2.18. The van der Waals surface area contributed by atoms with E-state index in [1.54, 1.807) is 13.2 Å². The molecule has 0 atom stereocenters. The Morgan fingerprint density at radius 3 is 2.77 bits per heavy atom. The molecule has 3 rings (SSSR count). The Bertz CT molecular complexity index is 848. The monoisotopic (exact) mass is 338 g/mol. The van der Waals surface area contributed by atoms with E-state index in [0.717, 1.165) is 16.5 Å². The van der Waals surface area contributed by atoms with Crippen LogP contribution < -0.4 is 0 Å². The van der Waals surface area contributed by atoms with Crippen LogP contribution in [-0.2, 0) is 13.5 Å². The first kappa shape index (κ1) is 16.2. The maximum Gasteiger partial charge on any atom is 0.374 e. The summed E-state index contributed by atoms with van der Waals surface area (Å²) in [6, 6.07) is 7.63. The minimum absolute atomic E-state index is 0. The van der Waals surface area contributed by atoms with Crippen molar-refractivity contribution in [3.8, 4) is 0 Å². The molecule has 1 aromatic carbocycles. The highest BCUT2D eigenvalue weighted by atomic mass is 35.5. The SMILES string of the molecule is Cl.Cn1c(Cc2ccc3ncc(Cl)cc3c2)nnc1C(=O)O. The third-order valence-corrected chi connectivity index (χ3v) is 3.44. The number of fused-ring (bicyclic) bond motifs is 1. The van der Waals surface area contributed by atoms with Gasteiger partial charge in [-0.1, -0.05) is 17.7 Å². The van der Waals surface area contributed by atoms with Gasteiger partial charge in [0.25, 0.3) is 0 Å². The summed E-state index contributed by atoms with van der Waals surface area (Å²) in [5.41, 5.74) is 1.84. The number of rotatable bonds is 3. The first-order valence-corrected chi connectivity index (χ1v) is 6.58. The van der Waals surface area contributed by atoms with Crippen LogP contribution in [0.25, 0.3) is 10.9 Å². The van der Waals surface area contributed by atoms with Crippen LogP contribution in [-0.4, -0.2) is 30.8 Å². The van der Waals surface area contributed by atoms with Gasteiger partial charge in [0.15, 0.2) is 0 Å². The molecule has 22 heavy (non-hydrogen) atoms. The Balaban J connectivity index is 0.00000176. The number of nitrogens with zero attached hydrogens (tertiary/aromatic N) is 4. The molecular weight excluding hydrogens is 327 g/mol. The number of hydrogen-bond acceptors (Lipinski definition) is 4. The quantitative estimate of drug-likeness (QED) is 0.794. The van der Waals surface area contributed by atoms with Crippen molar-refractivity contribution in [2.24, 2.45) is 7.05 Å². The van der Waals surface area contributed by atoms with E-state index in [0.29, 0.717) is 17.3 Å². The molecule has 6 nitrogen and oxygen atoms in total. The number of benzene rings is 1. The largest absolute Gasteiger partial charge is 0.475 e. The molecule has 0 fully saturated rings. The summed E-state index contributed by atoms with van der Waals surface area (Å²) in [7, 11) is 1.64. The molecule has 1 N–H and O–H groups in total. The molecule has 0 unspecified atom stereocenters. The van der Waals surface area contributed by atoms with Crippen LogP contribution in [0.2, 0.25) is 5.02 Å². The van der Waals surface area contributed by atoms with Crippen LogP contribution >= 0.6 is 24.0 Å². The summed E-state index contributed by atoms with van der Waals surface area (Å²) < 4.78 is 1.47. The molecule has 0 bridgehead atoms. The lowest BCUT2D eigenvalue weighted by Gasteiger charge is -2.04. The van der Waals surface area contributed by atoms with Crippen molar-refractivity contribution >= 4 is 40.9 Å². The van der Waals surface area contributed by atoms with Gasteiger partial charge in [0.05, 0.1) is 10.5 Å².